The van der Waals surface area contributed by atoms with E-state index in [0.717, 1.165) is 60.5 Å². The Kier molecular flexibility index (Phi) is 17.0. The number of hydrogen-bond acceptors (Lipinski definition) is 13. The Balaban J connectivity index is 0.000000227. The van der Waals surface area contributed by atoms with E-state index in [2.05, 4.69) is 33.4 Å². The van der Waals surface area contributed by atoms with Crippen molar-refractivity contribution >= 4 is 86.8 Å². The average Bonchev–Trinajstić information content (AvgIpc) is 3.43. The predicted molar refractivity (Wildman–Crippen MR) is 294 cm³/mol. The maximum atomic E-state index is 13.4. The van der Waals surface area contributed by atoms with Gasteiger partial charge >= 0.3 is 17.9 Å². The molecule has 6 aromatic carbocycles. The van der Waals surface area contributed by atoms with Gasteiger partial charge in [-0.1, -0.05) is 48.5 Å². The number of aromatic carboxylic acids is 3. The van der Waals surface area contributed by atoms with E-state index in [1.54, 1.807) is 36.4 Å². The molecule has 0 radical (unpaired) electrons. The van der Waals surface area contributed by atoms with Crippen LogP contribution in [-0.4, -0.2) is 109 Å². The summed E-state index contributed by atoms with van der Waals surface area (Å²) in [7, 11) is 5.04. The summed E-state index contributed by atoms with van der Waals surface area (Å²) in [6.45, 7) is 10.5. The molecular formula is C59H54N6O12. The fourth-order valence-corrected chi connectivity index (χ4v) is 8.42. The quantitative estimate of drug-likeness (QED) is 0.0566. The smallest absolute Gasteiger partial charge is 0.335 e. The first-order chi connectivity index (χ1) is 36.9. The molecule has 77 heavy (non-hydrogen) atoms. The molecular weight excluding hydrogens is 985 g/mol. The van der Waals surface area contributed by atoms with Crippen LogP contribution in [0.15, 0.2) is 155 Å². The lowest BCUT2D eigenvalue weighted by Crippen LogP contribution is -2.26. The van der Waals surface area contributed by atoms with Crippen LogP contribution in [0.5, 0.6) is 11.5 Å². The predicted octanol–water partition coefficient (Wildman–Crippen LogP) is 9.86. The SMILES string of the molecule is CCN(C)c1ccc(N=C2C=C(C(=O)Nc3ccc(C(=O)O)cc3)C(=O)c3ccccc32)c(C)c1.CCN(CC)c1cc(OC)c(N=C2C=C(C(=O)Nc3cc(C(=O)O)cc(C(=O)O)c3)C(=O)c3ccccc32)c(OC)c1. The first kappa shape index (κ1) is 54.8. The van der Waals surface area contributed by atoms with Crippen LogP contribution in [0.2, 0.25) is 0 Å². The number of ether oxygens (including phenoxy) is 2. The number of carboxylic acid groups (broad SMARTS) is 3. The minimum atomic E-state index is -1.38. The number of benzene rings is 6. The third-order valence-electron chi connectivity index (χ3n) is 12.7. The molecule has 0 spiro atoms. The number of hydrogen-bond donors (Lipinski definition) is 5. The third kappa shape index (κ3) is 12.2. The number of carbonyl (C=O) groups excluding carboxylic acids is 4. The minimum absolute atomic E-state index is 0.0373. The molecule has 0 fully saturated rings. The number of methoxy groups -OCH3 is 2. The molecule has 2 amide bonds. The normalized spacial score (nSPS) is 13.4. The lowest BCUT2D eigenvalue weighted by atomic mass is 9.88. The number of carboxylic acids is 3. The molecule has 0 saturated heterocycles. The van der Waals surface area contributed by atoms with E-state index in [-0.39, 0.29) is 44.8 Å². The van der Waals surface area contributed by atoms with Crippen LogP contribution < -0.4 is 29.9 Å². The summed E-state index contributed by atoms with van der Waals surface area (Å²) in [6.07, 6.45) is 2.84. The molecule has 0 aromatic heterocycles. The average molecular weight is 1040 g/mol. The highest BCUT2D eigenvalue weighted by Crippen LogP contribution is 2.42. The molecule has 6 aromatic rings. The molecule has 0 heterocycles. The van der Waals surface area contributed by atoms with Crippen LogP contribution in [0.4, 0.5) is 34.1 Å². The maximum Gasteiger partial charge on any atom is 0.335 e. The highest BCUT2D eigenvalue weighted by molar-refractivity contribution is 6.38. The van der Waals surface area contributed by atoms with Crippen molar-refractivity contribution in [2.45, 2.75) is 27.7 Å². The molecule has 18 nitrogen and oxygen atoms in total. The van der Waals surface area contributed by atoms with Gasteiger partial charge in [0.05, 0.1) is 59.2 Å². The van der Waals surface area contributed by atoms with Crippen molar-refractivity contribution in [1.82, 2.24) is 0 Å². The second-order valence-corrected chi connectivity index (χ2v) is 17.4. The number of rotatable bonds is 16. The molecule has 0 saturated carbocycles. The summed E-state index contributed by atoms with van der Waals surface area (Å²) >= 11 is 0. The van der Waals surface area contributed by atoms with E-state index in [4.69, 9.17) is 24.6 Å². The van der Waals surface area contributed by atoms with Crippen molar-refractivity contribution in [2.75, 3.05) is 61.3 Å². The number of amides is 2. The van der Waals surface area contributed by atoms with Crippen molar-refractivity contribution in [1.29, 1.82) is 0 Å². The molecule has 0 bridgehead atoms. The van der Waals surface area contributed by atoms with Gasteiger partial charge in [-0.05, 0) is 106 Å². The van der Waals surface area contributed by atoms with Crippen molar-refractivity contribution in [3.05, 3.63) is 189 Å². The Morgan fingerprint density at radius 3 is 1.44 bits per heavy atom. The number of nitrogens with one attached hydrogen (secondary N) is 2. The fraction of sp³-hybridized carbons (Fsp3) is 0.169. The molecule has 2 aliphatic carbocycles. The molecule has 0 atom stereocenters. The van der Waals surface area contributed by atoms with Gasteiger partial charge in [0.15, 0.2) is 11.6 Å². The molecule has 0 aliphatic heterocycles. The summed E-state index contributed by atoms with van der Waals surface area (Å²) in [6, 6.07) is 32.3. The Morgan fingerprint density at radius 1 is 0.532 bits per heavy atom. The third-order valence-corrected chi connectivity index (χ3v) is 12.7. The van der Waals surface area contributed by atoms with Crippen LogP contribution >= 0.6 is 0 Å². The number of anilines is 4. The number of aliphatic imine (C=N–C) groups is 2. The van der Waals surface area contributed by atoms with Crippen molar-refractivity contribution in [3.8, 4) is 11.5 Å². The summed E-state index contributed by atoms with van der Waals surface area (Å²) in [5.41, 5.74) is 6.01. The summed E-state index contributed by atoms with van der Waals surface area (Å²) in [5.74, 6) is -5.39. The number of allylic oxidation sites excluding steroid dienone is 2. The standard InChI is InChI=1S/C31H29N3O8.C28H25N3O4/c1-5-34(6-2)20-14-25(41-3)27(26(15-20)42-4)33-24-16-23(28(35)22-10-8-7-9-21(22)24)29(36)32-19-12-17(30(37)38)11-18(13-19)31(39)40;1-4-31(3)20-13-14-24(17(2)15-20)30-25-16-23(26(32)22-8-6-5-7-21(22)25)27(33)29-19-11-9-18(10-12-19)28(34)35/h7-16H,5-6H2,1-4H3,(H,32,36)(H,37,38)(H,39,40);5-16H,4H2,1-3H3,(H,29,33)(H,34,35). The number of Topliss-reactive ketones (excluding diaryl/α,β-unsaturated/α-hetero) is 2. The van der Waals surface area contributed by atoms with E-state index >= 15 is 0 Å². The second-order valence-electron chi connectivity index (χ2n) is 17.4. The molecule has 18 heteroatoms. The lowest BCUT2D eigenvalue weighted by molar-refractivity contribution is -0.113. The summed E-state index contributed by atoms with van der Waals surface area (Å²) in [4.78, 5) is 101. The number of carbonyl (C=O) groups is 7. The van der Waals surface area contributed by atoms with E-state index in [1.807, 2.05) is 64.2 Å². The Bertz CT molecular complexity index is 3440. The number of ketones is 2. The molecule has 0 unspecified atom stereocenters. The summed E-state index contributed by atoms with van der Waals surface area (Å²) in [5, 5.41) is 32.9. The monoisotopic (exact) mass is 1040 g/mol. The molecule has 5 N–H and O–H groups in total. The topological polar surface area (TPSA) is 254 Å². The summed E-state index contributed by atoms with van der Waals surface area (Å²) < 4.78 is 11.3. The van der Waals surface area contributed by atoms with Crippen molar-refractivity contribution in [2.24, 2.45) is 9.98 Å². The van der Waals surface area contributed by atoms with E-state index < -0.39 is 41.3 Å². The number of nitrogens with zero attached hydrogens (tertiary/aromatic N) is 4. The van der Waals surface area contributed by atoms with E-state index in [1.165, 1.54) is 50.6 Å². The zero-order valence-corrected chi connectivity index (χ0v) is 43.1. The lowest BCUT2D eigenvalue weighted by Gasteiger charge is -2.23. The molecule has 392 valence electrons. The highest BCUT2D eigenvalue weighted by Gasteiger charge is 2.31. The molecule has 8 rings (SSSR count). The highest BCUT2D eigenvalue weighted by atomic mass is 16.5. The van der Waals surface area contributed by atoms with Crippen LogP contribution in [0, 0.1) is 6.92 Å². The van der Waals surface area contributed by atoms with Gasteiger partial charge in [-0.15, -0.1) is 0 Å². The largest absolute Gasteiger partial charge is 0.494 e. The molecule has 2 aliphatic rings. The first-order valence-electron chi connectivity index (χ1n) is 24.2. The van der Waals surface area contributed by atoms with Gasteiger partial charge in [0.25, 0.3) is 11.8 Å². The van der Waals surface area contributed by atoms with Gasteiger partial charge in [-0.25, -0.2) is 24.4 Å². The van der Waals surface area contributed by atoms with E-state index in [9.17, 15) is 43.8 Å². The minimum Gasteiger partial charge on any atom is -0.494 e. The Labute approximate surface area is 443 Å². The van der Waals surface area contributed by atoms with Gasteiger partial charge in [-0.3, -0.25) is 19.2 Å². The van der Waals surface area contributed by atoms with Gasteiger partial charge in [-0.2, -0.15) is 0 Å². The van der Waals surface area contributed by atoms with Gasteiger partial charge < -0.3 is 45.2 Å². The maximum absolute atomic E-state index is 13.4. The Hall–Kier alpha value is -9.97. The number of aryl methyl sites for hydroxylation is 1. The van der Waals surface area contributed by atoms with Crippen LogP contribution in [0.1, 0.15) is 89.3 Å². The van der Waals surface area contributed by atoms with Crippen LogP contribution in [0.3, 0.4) is 0 Å². The van der Waals surface area contributed by atoms with Crippen molar-refractivity contribution in [3.63, 3.8) is 0 Å². The van der Waals surface area contributed by atoms with Crippen molar-refractivity contribution < 1.29 is 58.4 Å². The zero-order valence-electron chi connectivity index (χ0n) is 43.1. The Morgan fingerprint density at radius 2 is 1.00 bits per heavy atom. The zero-order chi connectivity index (χ0) is 55.7. The van der Waals surface area contributed by atoms with Crippen LogP contribution in [0.25, 0.3) is 0 Å². The number of fused-ring (bicyclic) bond motifs is 2. The van der Waals surface area contributed by atoms with E-state index in [0.29, 0.717) is 45.3 Å². The van der Waals surface area contributed by atoms with Gasteiger partial charge in [0.2, 0.25) is 0 Å². The van der Waals surface area contributed by atoms with Gasteiger partial charge in [0.1, 0.15) is 17.2 Å². The van der Waals surface area contributed by atoms with Gasteiger partial charge in [0, 0.05) is 83.8 Å². The second kappa shape index (κ2) is 23.9. The van der Waals surface area contributed by atoms with Crippen LogP contribution in [-0.2, 0) is 9.59 Å². The fourth-order valence-electron chi connectivity index (χ4n) is 8.42. The first-order valence-corrected chi connectivity index (χ1v) is 24.2.